The van der Waals surface area contributed by atoms with Crippen molar-refractivity contribution in [1.82, 2.24) is 14.7 Å². The molecule has 0 saturated carbocycles. The number of carbonyl (C=O) groups excluding carboxylic acids is 2. The van der Waals surface area contributed by atoms with Gasteiger partial charge in [0.1, 0.15) is 0 Å². The zero-order chi connectivity index (χ0) is 27.1. The standard InChI is InChI=1S/C33H33N3O3/c1-2-39-32(38)19-21-36-24-26(23-34-36)22-27-25-35(20-18-31(27)37)33(28-12-6-3-7-13-28,29-14-8-4-9-15-29)30-16-10-5-11-17-30/h3-17,22-24H,2,18-21,25H2,1H3/b27-22+. The predicted molar refractivity (Wildman–Crippen MR) is 152 cm³/mol. The number of piperidine rings is 1. The number of esters is 1. The average Bonchev–Trinajstić information content (AvgIpc) is 3.43. The van der Waals surface area contributed by atoms with Gasteiger partial charge in [-0.25, -0.2) is 0 Å². The van der Waals surface area contributed by atoms with Gasteiger partial charge in [-0.2, -0.15) is 5.10 Å². The highest BCUT2D eigenvalue weighted by Crippen LogP contribution is 2.44. The third-order valence-electron chi connectivity index (χ3n) is 7.22. The van der Waals surface area contributed by atoms with Gasteiger partial charge in [0.2, 0.25) is 0 Å². The number of ketones is 1. The molecule has 0 amide bonds. The molecular weight excluding hydrogens is 486 g/mol. The van der Waals surface area contributed by atoms with Crippen LogP contribution in [0, 0.1) is 0 Å². The van der Waals surface area contributed by atoms with Gasteiger partial charge in [-0.15, -0.1) is 0 Å². The number of rotatable bonds is 9. The second-order valence-corrected chi connectivity index (χ2v) is 9.66. The fourth-order valence-electron chi connectivity index (χ4n) is 5.48. The molecule has 0 unspecified atom stereocenters. The summed E-state index contributed by atoms with van der Waals surface area (Å²) in [7, 11) is 0. The van der Waals surface area contributed by atoms with Crippen molar-refractivity contribution in [2.24, 2.45) is 0 Å². The maximum atomic E-state index is 13.2. The highest BCUT2D eigenvalue weighted by atomic mass is 16.5. The first-order valence-electron chi connectivity index (χ1n) is 13.4. The Morgan fingerprint density at radius 2 is 1.49 bits per heavy atom. The number of hydrogen-bond acceptors (Lipinski definition) is 5. The van der Waals surface area contributed by atoms with Crippen molar-refractivity contribution in [2.45, 2.75) is 31.8 Å². The Morgan fingerprint density at radius 1 is 0.923 bits per heavy atom. The highest BCUT2D eigenvalue weighted by Gasteiger charge is 2.44. The van der Waals surface area contributed by atoms with Crippen molar-refractivity contribution < 1.29 is 14.3 Å². The predicted octanol–water partition coefficient (Wildman–Crippen LogP) is 5.49. The minimum atomic E-state index is -0.576. The van der Waals surface area contributed by atoms with Gasteiger partial charge in [-0.1, -0.05) is 91.0 Å². The number of nitrogens with zero attached hydrogens (tertiary/aromatic N) is 3. The lowest BCUT2D eigenvalue weighted by Crippen LogP contribution is -2.52. The lowest BCUT2D eigenvalue weighted by molar-refractivity contribution is -0.143. The van der Waals surface area contributed by atoms with Gasteiger partial charge in [0.05, 0.1) is 31.3 Å². The monoisotopic (exact) mass is 519 g/mol. The molecule has 2 heterocycles. The summed E-state index contributed by atoms with van der Waals surface area (Å²) in [6.45, 7) is 3.72. The third-order valence-corrected chi connectivity index (χ3v) is 7.22. The number of carbonyl (C=O) groups is 2. The minimum absolute atomic E-state index is 0.147. The largest absolute Gasteiger partial charge is 0.466 e. The number of Topliss-reactive ketones (excluding diaryl/α,β-unsaturated/α-hetero) is 1. The molecule has 1 aliphatic heterocycles. The molecule has 0 spiro atoms. The topological polar surface area (TPSA) is 64.4 Å². The molecule has 6 heteroatoms. The van der Waals surface area contributed by atoms with E-state index in [9.17, 15) is 9.59 Å². The molecule has 0 atom stereocenters. The van der Waals surface area contributed by atoms with Crippen LogP contribution in [0.2, 0.25) is 0 Å². The van der Waals surface area contributed by atoms with Gasteiger partial charge >= 0.3 is 5.97 Å². The number of aryl methyl sites for hydroxylation is 1. The molecule has 1 fully saturated rings. The van der Waals surface area contributed by atoms with Crippen LogP contribution >= 0.6 is 0 Å². The second kappa shape index (κ2) is 12.0. The minimum Gasteiger partial charge on any atom is -0.466 e. The van der Waals surface area contributed by atoms with Crippen molar-refractivity contribution >= 4 is 17.8 Å². The van der Waals surface area contributed by atoms with Crippen LogP contribution < -0.4 is 0 Å². The second-order valence-electron chi connectivity index (χ2n) is 9.66. The molecule has 5 rings (SSSR count). The maximum Gasteiger partial charge on any atom is 0.307 e. The molecule has 39 heavy (non-hydrogen) atoms. The van der Waals surface area contributed by atoms with Crippen LogP contribution in [0.1, 0.15) is 42.0 Å². The Labute approximate surface area is 229 Å². The molecule has 1 saturated heterocycles. The quantitative estimate of drug-likeness (QED) is 0.166. The SMILES string of the molecule is CCOC(=O)CCn1cc(/C=C2\CN(C(c3ccccc3)(c3ccccc3)c3ccccc3)CCC2=O)cn1. The molecule has 0 aliphatic carbocycles. The molecule has 4 aromatic rings. The van der Waals surface area contributed by atoms with Crippen molar-refractivity contribution in [2.75, 3.05) is 19.7 Å². The molecule has 1 aromatic heterocycles. The normalized spacial score (nSPS) is 15.4. The van der Waals surface area contributed by atoms with E-state index >= 15 is 0 Å². The van der Waals surface area contributed by atoms with E-state index in [-0.39, 0.29) is 18.2 Å². The molecular formula is C33H33N3O3. The number of likely N-dealkylation sites (tertiary alicyclic amines) is 1. The van der Waals surface area contributed by atoms with Crippen LogP contribution in [0.5, 0.6) is 0 Å². The first-order chi connectivity index (χ1) is 19.1. The zero-order valence-corrected chi connectivity index (χ0v) is 22.2. The van der Waals surface area contributed by atoms with Crippen molar-refractivity contribution in [3.8, 4) is 0 Å². The number of ether oxygens (including phenoxy) is 1. The van der Waals surface area contributed by atoms with Crippen molar-refractivity contribution in [3.05, 3.63) is 131 Å². The van der Waals surface area contributed by atoms with Crippen LogP contribution in [0.3, 0.4) is 0 Å². The average molecular weight is 520 g/mol. The van der Waals surface area contributed by atoms with Crippen LogP contribution in [0.15, 0.2) is 109 Å². The summed E-state index contributed by atoms with van der Waals surface area (Å²) >= 11 is 0. The molecule has 1 aliphatic rings. The summed E-state index contributed by atoms with van der Waals surface area (Å²) in [5.41, 5.74) is 4.48. The maximum absolute atomic E-state index is 13.2. The third kappa shape index (κ3) is 5.61. The van der Waals surface area contributed by atoms with Crippen molar-refractivity contribution in [3.63, 3.8) is 0 Å². The van der Waals surface area contributed by atoms with Gasteiger partial charge in [0.15, 0.2) is 5.78 Å². The first kappa shape index (κ1) is 26.3. The lowest BCUT2D eigenvalue weighted by atomic mass is 9.74. The number of benzene rings is 3. The van der Waals surface area contributed by atoms with Gasteiger partial charge in [-0.05, 0) is 29.7 Å². The van der Waals surface area contributed by atoms with E-state index in [0.29, 0.717) is 32.7 Å². The molecule has 0 radical (unpaired) electrons. The van der Waals surface area contributed by atoms with Crippen molar-refractivity contribution in [1.29, 1.82) is 0 Å². The lowest BCUT2D eigenvalue weighted by Gasteiger charge is -2.47. The Balaban J connectivity index is 1.53. The van der Waals surface area contributed by atoms with Gasteiger partial charge in [0.25, 0.3) is 0 Å². The van der Waals surface area contributed by atoms with Gasteiger partial charge < -0.3 is 4.74 Å². The summed E-state index contributed by atoms with van der Waals surface area (Å²) in [6, 6.07) is 31.6. The van der Waals surface area contributed by atoms with E-state index in [1.54, 1.807) is 17.8 Å². The van der Waals surface area contributed by atoms with E-state index in [4.69, 9.17) is 4.74 Å². The van der Waals surface area contributed by atoms with E-state index in [0.717, 1.165) is 27.8 Å². The summed E-state index contributed by atoms with van der Waals surface area (Å²) in [5.74, 6) is -0.0984. The van der Waals surface area contributed by atoms with E-state index in [1.165, 1.54) is 0 Å². The molecule has 6 nitrogen and oxygen atoms in total. The fourth-order valence-corrected chi connectivity index (χ4v) is 5.48. The van der Waals surface area contributed by atoms with E-state index in [2.05, 4.69) is 82.8 Å². The highest BCUT2D eigenvalue weighted by molar-refractivity contribution is 6.00. The van der Waals surface area contributed by atoms with Crippen LogP contribution in [0.4, 0.5) is 0 Å². The summed E-state index contributed by atoms with van der Waals surface area (Å²) in [5, 5.41) is 4.39. The van der Waals surface area contributed by atoms with E-state index in [1.807, 2.05) is 30.5 Å². The van der Waals surface area contributed by atoms with Crippen LogP contribution in [-0.4, -0.2) is 46.1 Å². The Kier molecular flexibility index (Phi) is 8.13. The Hall–Kier alpha value is -4.29. The van der Waals surface area contributed by atoms with Gasteiger partial charge in [-0.3, -0.25) is 19.2 Å². The Morgan fingerprint density at radius 3 is 2.03 bits per heavy atom. The smallest absolute Gasteiger partial charge is 0.307 e. The van der Waals surface area contributed by atoms with Gasteiger partial charge in [0, 0.05) is 36.8 Å². The summed E-state index contributed by atoms with van der Waals surface area (Å²) in [4.78, 5) is 27.4. The number of hydrogen-bond donors (Lipinski definition) is 0. The van der Waals surface area contributed by atoms with E-state index < -0.39 is 5.54 Å². The molecule has 3 aromatic carbocycles. The fraction of sp³-hybridized carbons (Fsp3) is 0.242. The summed E-state index contributed by atoms with van der Waals surface area (Å²) in [6.07, 6.45) is 6.23. The Bertz CT molecular complexity index is 1330. The number of aromatic nitrogens is 2. The molecule has 198 valence electrons. The van der Waals surface area contributed by atoms with Crippen LogP contribution in [0.25, 0.3) is 6.08 Å². The summed E-state index contributed by atoms with van der Waals surface area (Å²) < 4.78 is 6.74. The first-order valence-corrected chi connectivity index (χ1v) is 13.4. The zero-order valence-electron chi connectivity index (χ0n) is 22.2. The van der Waals surface area contributed by atoms with Crippen LogP contribution in [-0.2, 0) is 26.4 Å². The molecule has 0 N–H and O–H groups in total. The molecule has 0 bridgehead atoms.